The first kappa shape index (κ1) is 58.9. The second-order valence-corrected chi connectivity index (χ2v) is 19.0. The summed E-state index contributed by atoms with van der Waals surface area (Å²) in [4.78, 5) is 13.0. The van der Waals surface area contributed by atoms with Crippen LogP contribution in [0.1, 0.15) is 264 Å². The lowest BCUT2D eigenvalue weighted by Crippen LogP contribution is -2.60. The van der Waals surface area contributed by atoms with Crippen LogP contribution in [0.3, 0.4) is 0 Å². The van der Waals surface area contributed by atoms with E-state index in [1.807, 2.05) is 0 Å². The Kier molecular flexibility index (Phi) is 41.6. The summed E-state index contributed by atoms with van der Waals surface area (Å²) < 4.78 is 11.3. The summed E-state index contributed by atoms with van der Waals surface area (Å²) in [6.45, 7) is 3.86. The van der Waals surface area contributed by atoms with Gasteiger partial charge in [0.25, 0.3) is 0 Å². The average molecular weight is 882 g/mol. The first-order valence-corrected chi connectivity index (χ1v) is 26.9. The Morgan fingerprint density at radius 3 is 1.31 bits per heavy atom. The van der Waals surface area contributed by atoms with E-state index in [0.717, 1.165) is 38.5 Å². The molecular formula is C53H103NO8. The van der Waals surface area contributed by atoms with Gasteiger partial charge in [0.2, 0.25) is 5.91 Å². The fourth-order valence-electron chi connectivity index (χ4n) is 8.80. The van der Waals surface area contributed by atoms with Crippen LogP contribution in [0.4, 0.5) is 0 Å². The van der Waals surface area contributed by atoms with Crippen LogP contribution in [0.5, 0.6) is 0 Å². The maximum Gasteiger partial charge on any atom is 0.220 e. The zero-order chi connectivity index (χ0) is 45.1. The van der Waals surface area contributed by atoms with Crippen molar-refractivity contribution in [2.24, 2.45) is 0 Å². The average Bonchev–Trinajstić information content (AvgIpc) is 3.27. The molecule has 0 radical (unpaired) electrons. The van der Waals surface area contributed by atoms with Crippen molar-refractivity contribution in [2.45, 2.75) is 307 Å². The first-order chi connectivity index (χ1) is 30.3. The molecule has 0 aromatic carbocycles. The lowest BCUT2D eigenvalue weighted by Gasteiger charge is -2.40. The highest BCUT2D eigenvalue weighted by atomic mass is 16.7. The minimum absolute atomic E-state index is 0.135. The Hall–Kier alpha value is -1.07. The molecule has 1 aliphatic heterocycles. The van der Waals surface area contributed by atoms with Crippen LogP contribution in [-0.2, 0) is 14.3 Å². The summed E-state index contributed by atoms with van der Waals surface area (Å²) >= 11 is 0. The summed E-state index contributed by atoms with van der Waals surface area (Å²) in [5.74, 6) is -0.143. The molecule has 1 heterocycles. The number of carbonyl (C=O) groups excluding carboxylic acids is 1. The van der Waals surface area contributed by atoms with Crippen LogP contribution in [0.25, 0.3) is 0 Å². The zero-order valence-electron chi connectivity index (χ0n) is 40.6. The quantitative estimate of drug-likeness (QED) is 0.0261. The van der Waals surface area contributed by atoms with Gasteiger partial charge in [0.05, 0.1) is 25.4 Å². The Bertz CT molecular complexity index is 981. The Balaban J connectivity index is 2.18. The van der Waals surface area contributed by atoms with E-state index in [1.165, 1.54) is 199 Å². The van der Waals surface area contributed by atoms with Gasteiger partial charge >= 0.3 is 0 Å². The second kappa shape index (κ2) is 43.8. The van der Waals surface area contributed by atoms with Crippen molar-refractivity contribution in [2.75, 3.05) is 13.2 Å². The highest BCUT2D eigenvalue weighted by Gasteiger charge is 2.44. The summed E-state index contributed by atoms with van der Waals surface area (Å²) in [7, 11) is 0. The molecule has 1 amide bonds. The van der Waals surface area contributed by atoms with E-state index in [0.29, 0.717) is 12.8 Å². The van der Waals surface area contributed by atoms with Crippen LogP contribution < -0.4 is 5.32 Å². The normalized spacial score (nSPS) is 20.3. The highest BCUT2D eigenvalue weighted by Crippen LogP contribution is 2.23. The molecule has 9 heteroatoms. The third kappa shape index (κ3) is 33.4. The molecule has 0 spiro atoms. The van der Waals surface area contributed by atoms with E-state index in [2.05, 4.69) is 31.3 Å². The van der Waals surface area contributed by atoms with Crippen LogP contribution in [-0.4, -0.2) is 87.5 Å². The number of hydrogen-bond donors (Lipinski definition) is 6. The van der Waals surface area contributed by atoms with Crippen LogP contribution in [0.2, 0.25) is 0 Å². The predicted molar refractivity (Wildman–Crippen MR) is 258 cm³/mol. The molecule has 0 aromatic rings. The molecule has 6 N–H and O–H groups in total. The van der Waals surface area contributed by atoms with Gasteiger partial charge < -0.3 is 40.3 Å². The number of allylic oxidation sites excluding steroid dienone is 2. The number of amides is 1. The number of unbranched alkanes of at least 4 members (excludes halogenated alkanes) is 34. The smallest absolute Gasteiger partial charge is 0.220 e. The van der Waals surface area contributed by atoms with Crippen LogP contribution >= 0.6 is 0 Å². The second-order valence-electron chi connectivity index (χ2n) is 19.0. The van der Waals surface area contributed by atoms with Crippen molar-refractivity contribution in [1.82, 2.24) is 5.32 Å². The van der Waals surface area contributed by atoms with Gasteiger partial charge in [-0.1, -0.05) is 231 Å². The van der Waals surface area contributed by atoms with Crippen molar-refractivity contribution < 1.29 is 39.8 Å². The number of rotatable bonds is 46. The number of aliphatic hydroxyl groups is 5. The molecular weight excluding hydrogens is 779 g/mol. The molecule has 62 heavy (non-hydrogen) atoms. The molecule has 7 unspecified atom stereocenters. The molecule has 7 atom stereocenters. The lowest BCUT2D eigenvalue weighted by atomic mass is 9.99. The maximum atomic E-state index is 13.0. The van der Waals surface area contributed by atoms with Crippen molar-refractivity contribution in [1.29, 1.82) is 0 Å². The standard InChI is InChI=1S/C53H103NO8/c1-3-5-7-9-11-13-15-17-18-19-20-21-22-23-24-25-26-27-28-29-31-33-35-37-39-41-43-49(57)54-46(45-61-53-52(60)51(59)50(58)48(44-55)62-53)47(56)42-40-38-36-34-32-30-16-14-12-10-8-6-4-2/h23-24,46-48,50-53,55-56,58-60H,3-22,25-45H2,1-2H3,(H,54,57)/b24-23-. The third-order valence-electron chi connectivity index (χ3n) is 13.1. The van der Waals surface area contributed by atoms with Crippen molar-refractivity contribution in [3.8, 4) is 0 Å². The van der Waals surface area contributed by atoms with Gasteiger partial charge in [0, 0.05) is 6.42 Å². The fourth-order valence-corrected chi connectivity index (χ4v) is 8.80. The Morgan fingerprint density at radius 1 is 0.532 bits per heavy atom. The first-order valence-electron chi connectivity index (χ1n) is 26.9. The molecule has 0 aromatic heterocycles. The Labute approximate surface area is 382 Å². The third-order valence-corrected chi connectivity index (χ3v) is 13.1. The van der Waals surface area contributed by atoms with Crippen molar-refractivity contribution in [3.05, 3.63) is 12.2 Å². The van der Waals surface area contributed by atoms with Gasteiger partial charge in [-0.05, 0) is 38.5 Å². The number of aliphatic hydroxyl groups excluding tert-OH is 5. The number of hydrogen-bond acceptors (Lipinski definition) is 8. The van der Waals surface area contributed by atoms with E-state index >= 15 is 0 Å². The molecule has 1 fully saturated rings. The van der Waals surface area contributed by atoms with Gasteiger partial charge in [-0.2, -0.15) is 0 Å². The van der Waals surface area contributed by atoms with Gasteiger partial charge in [-0.25, -0.2) is 0 Å². The van der Waals surface area contributed by atoms with Crippen molar-refractivity contribution in [3.63, 3.8) is 0 Å². The molecule has 1 rings (SSSR count). The lowest BCUT2D eigenvalue weighted by molar-refractivity contribution is -0.302. The van der Waals surface area contributed by atoms with E-state index in [4.69, 9.17) is 9.47 Å². The van der Waals surface area contributed by atoms with E-state index < -0.39 is 49.5 Å². The maximum absolute atomic E-state index is 13.0. The SMILES string of the molecule is CCCCCCCCCCCCCC/C=C\CCCCCCCCCCCCC(=O)NC(COC1OC(CO)C(O)C(O)C1O)C(O)CCCCCCCCCCCCCCC. The molecule has 0 aliphatic carbocycles. The molecule has 368 valence electrons. The van der Waals surface area contributed by atoms with Gasteiger partial charge in [-0.3, -0.25) is 4.79 Å². The van der Waals surface area contributed by atoms with Crippen molar-refractivity contribution >= 4 is 5.91 Å². The van der Waals surface area contributed by atoms with Crippen LogP contribution in [0.15, 0.2) is 12.2 Å². The molecule has 9 nitrogen and oxygen atoms in total. The monoisotopic (exact) mass is 882 g/mol. The van der Waals surface area contributed by atoms with E-state index in [1.54, 1.807) is 0 Å². The zero-order valence-corrected chi connectivity index (χ0v) is 40.6. The minimum Gasteiger partial charge on any atom is -0.394 e. The molecule has 1 saturated heterocycles. The Morgan fingerprint density at radius 2 is 0.903 bits per heavy atom. The van der Waals surface area contributed by atoms with Gasteiger partial charge in [0.15, 0.2) is 6.29 Å². The highest BCUT2D eigenvalue weighted by molar-refractivity contribution is 5.76. The van der Waals surface area contributed by atoms with Gasteiger partial charge in [-0.15, -0.1) is 0 Å². The fraction of sp³-hybridized carbons (Fsp3) is 0.943. The number of carbonyl (C=O) groups is 1. The summed E-state index contributed by atoms with van der Waals surface area (Å²) in [5.41, 5.74) is 0. The summed E-state index contributed by atoms with van der Waals surface area (Å²) in [6, 6.07) is -0.715. The molecule has 1 aliphatic rings. The topological polar surface area (TPSA) is 149 Å². The number of nitrogens with one attached hydrogen (secondary N) is 1. The predicted octanol–water partition coefficient (Wildman–Crippen LogP) is 12.5. The largest absolute Gasteiger partial charge is 0.394 e. The van der Waals surface area contributed by atoms with Crippen LogP contribution in [0, 0.1) is 0 Å². The van der Waals surface area contributed by atoms with E-state index in [-0.39, 0.29) is 12.5 Å². The van der Waals surface area contributed by atoms with E-state index in [9.17, 15) is 30.3 Å². The molecule has 0 saturated carbocycles. The van der Waals surface area contributed by atoms with Gasteiger partial charge in [0.1, 0.15) is 24.4 Å². The summed E-state index contributed by atoms with van der Waals surface area (Å²) in [6.07, 6.45) is 45.2. The minimum atomic E-state index is -1.55. The summed E-state index contributed by atoms with van der Waals surface area (Å²) in [5, 5.41) is 54.5. The number of ether oxygens (including phenoxy) is 2. The molecule has 0 bridgehead atoms.